The maximum Gasteiger partial charge on any atom is 0.434 e. The van der Waals surface area contributed by atoms with Gasteiger partial charge >= 0.3 is 12.2 Å². The summed E-state index contributed by atoms with van der Waals surface area (Å²) in [7, 11) is 0. The molecule has 0 aliphatic rings. The Labute approximate surface area is 147 Å². The summed E-state index contributed by atoms with van der Waals surface area (Å²) in [4.78, 5) is 25.5. The fourth-order valence-corrected chi connectivity index (χ4v) is 2.30. The third-order valence-corrected chi connectivity index (χ3v) is 3.29. The molecule has 134 valence electrons. The molecule has 6 nitrogen and oxygen atoms in total. The Morgan fingerprint density at radius 1 is 1.00 bits per heavy atom. The van der Waals surface area contributed by atoms with Crippen molar-refractivity contribution in [1.82, 2.24) is 5.43 Å². The molecular formula is C17H26N2O4S. The smallest absolute Gasteiger partial charge is 0.434 e. The van der Waals surface area contributed by atoms with Crippen molar-refractivity contribution in [3.63, 3.8) is 0 Å². The van der Waals surface area contributed by atoms with E-state index in [1.807, 2.05) is 18.4 Å². The molecule has 0 radical (unpaired) electrons. The molecule has 0 saturated carbocycles. The SMILES string of the molecule is CSc1ccccc1N(NC(=O)OC(C)(C)C)C(=O)OC(C)(C)C. The van der Waals surface area contributed by atoms with Gasteiger partial charge in [0, 0.05) is 4.90 Å². The Morgan fingerprint density at radius 2 is 1.54 bits per heavy atom. The second-order valence-electron chi connectivity index (χ2n) is 7.10. The first-order chi connectivity index (χ1) is 10.9. The van der Waals surface area contributed by atoms with Gasteiger partial charge in [0.1, 0.15) is 11.2 Å². The van der Waals surface area contributed by atoms with Crippen molar-refractivity contribution in [1.29, 1.82) is 0 Å². The first kappa shape index (κ1) is 20.2. The Morgan fingerprint density at radius 3 is 2.04 bits per heavy atom. The van der Waals surface area contributed by atoms with Gasteiger partial charge in [-0.3, -0.25) is 0 Å². The summed E-state index contributed by atoms with van der Waals surface area (Å²) in [5.74, 6) is 0. The van der Waals surface area contributed by atoms with Crippen LogP contribution in [-0.2, 0) is 9.47 Å². The summed E-state index contributed by atoms with van der Waals surface area (Å²) in [6.45, 7) is 10.5. The molecule has 7 heteroatoms. The molecule has 0 atom stereocenters. The molecule has 2 amide bonds. The van der Waals surface area contributed by atoms with Crippen LogP contribution < -0.4 is 10.4 Å². The number of carbonyl (C=O) groups is 2. The maximum atomic E-state index is 12.6. The van der Waals surface area contributed by atoms with Crippen LogP contribution >= 0.6 is 11.8 Å². The zero-order chi connectivity index (χ0) is 18.5. The number of para-hydroxylation sites is 1. The first-order valence-electron chi connectivity index (χ1n) is 7.59. The van der Waals surface area contributed by atoms with E-state index in [1.165, 1.54) is 11.8 Å². The van der Waals surface area contributed by atoms with E-state index in [-0.39, 0.29) is 0 Å². The quantitative estimate of drug-likeness (QED) is 0.621. The number of carbonyl (C=O) groups excluding carboxylic acids is 2. The Bertz CT molecular complexity index is 591. The lowest BCUT2D eigenvalue weighted by molar-refractivity contribution is 0.0424. The lowest BCUT2D eigenvalue weighted by Gasteiger charge is -2.29. The normalized spacial score (nSPS) is 11.6. The number of anilines is 1. The zero-order valence-electron chi connectivity index (χ0n) is 15.3. The Kier molecular flexibility index (Phi) is 6.54. The van der Waals surface area contributed by atoms with E-state index in [0.29, 0.717) is 5.69 Å². The molecule has 0 aliphatic heterocycles. The highest BCUT2D eigenvalue weighted by Gasteiger charge is 2.28. The largest absolute Gasteiger partial charge is 0.443 e. The molecule has 0 saturated heterocycles. The van der Waals surface area contributed by atoms with E-state index >= 15 is 0 Å². The number of hydrazine groups is 1. The van der Waals surface area contributed by atoms with Gasteiger partial charge in [-0.2, -0.15) is 5.01 Å². The molecule has 24 heavy (non-hydrogen) atoms. The van der Waals surface area contributed by atoms with Crippen LogP contribution in [0.5, 0.6) is 0 Å². The molecule has 1 aromatic rings. The predicted octanol–water partition coefficient (Wildman–Crippen LogP) is 4.59. The van der Waals surface area contributed by atoms with Gasteiger partial charge in [-0.05, 0) is 59.9 Å². The molecule has 1 aromatic carbocycles. The van der Waals surface area contributed by atoms with Gasteiger partial charge < -0.3 is 9.47 Å². The van der Waals surface area contributed by atoms with Crippen molar-refractivity contribution < 1.29 is 19.1 Å². The Hall–Kier alpha value is -1.89. The average Bonchev–Trinajstić information content (AvgIpc) is 2.41. The van der Waals surface area contributed by atoms with Crippen molar-refractivity contribution in [2.45, 2.75) is 57.6 Å². The molecule has 0 fully saturated rings. The van der Waals surface area contributed by atoms with Crippen molar-refractivity contribution in [2.24, 2.45) is 0 Å². The fraction of sp³-hybridized carbons (Fsp3) is 0.529. The zero-order valence-corrected chi connectivity index (χ0v) is 16.1. The first-order valence-corrected chi connectivity index (χ1v) is 8.81. The summed E-state index contributed by atoms with van der Waals surface area (Å²) < 4.78 is 10.6. The molecule has 0 aromatic heterocycles. The minimum Gasteiger partial charge on any atom is -0.443 e. The number of benzene rings is 1. The van der Waals surface area contributed by atoms with Crippen LogP contribution in [0.1, 0.15) is 41.5 Å². The number of amides is 2. The molecule has 0 unspecified atom stereocenters. The van der Waals surface area contributed by atoms with Crippen LogP contribution in [-0.4, -0.2) is 29.6 Å². The number of thioether (sulfide) groups is 1. The molecule has 0 aliphatic carbocycles. The summed E-state index contributed by atoms with van der Waals surface area (Å²) in [5.41, 5.74) is 1.62. The monoisotopic (exact) mass is 354 g/mol. The second-order valence-corrected chi connectivity index (χ2v) is 7.95. The van der Waals surface area contributed by atoms with Gasteiger partial charge in [0.25, 0.3) is 0 Å². The lowest BCUT2D eigenvalue weighted by Crippen LogP contribution is -2.50. The summed E-state index contributed by atoms with van der Waals surface area (Å²) in [6, 6.07) is 7.22. The van der Waals surface area contributed by atoms with E-state index in [9.17, 15) is 9.59 Å². The third kappa shape index (κ3) is 6.70. The highest BCUT2D eigenvalue weighted by atomic mass is 32.2. The van der Waals surface area contributed by atoms with E-state index in [2.05, 4.69) is 5.43 Å². The van der Waals surface area contributed by atoms with Crippen LogP contribution in [0.4, 0.5) is 15.3 Å². The van der Waals surface area contributed by atoms with Gasteiger partial charge in [-0.1, -0.05) is 12.1 Å². The standard InChI is InChI=1S/C17H26N2O4S/c1-16(2,3)22-14(20)18-19(15(21)23-17(4,5)6)12-10-8-9-11-13(12)24-7/h8-11H,1-7H3,(H,18,20). The van der Waals surface area contributed by atoms with E-state index in [4.69, 9.17) is 9.47 Å². The minimum absolute atomic E-state index is 0.519. The number of rotatable bonds is 2. The number of nitrogens with one attached hydrogen (secondary N) is 1. The van der Waals surface area contributed by atoms with Crippen molar-refractivity contribution in [3.8, 4) is 0 Å². The number of nitrogens with zero attached hydrogens (tertiary/aromatic N) is 1. The minimum atomic E-state index is -0.732. The molecule has 0 bridgehead atoms. The maximum absolute atomic E-state index is 12.6. The van der Waals surface area contributed by atoms with Crippen LogP contribution in [0.25, 0.3) is 0 Å². The Balaban J connectivity index is 3.12. The molecule has 1 N–H and O–H groups in total. The van der Waals surface area contributed by atoms with Crippen LogP contribution in [0.3, 0.4) is 0 Å². The highest BCUT2D eigenvalue weighted by Crippen LogP contribution is 2.28. The van der Waals surface area contributed by atoms with E-state index in [1.54, 1.807) is 53.7 Å². The van der Waals surface area contributed by atoms with Gasteiger partial charge in [-0.15, -0.1) is 11.8 Å². The number of hydrogen-bond donors (Lipinski definition) is 1. The highest BCUT2D eigenvalue weighted by molar-refractivity contribution is 7.98. The predicted molar refractivity (Wildman–Crippen MR) is 96.3 cm³/mol. The van der Waals surface area contributed by atoms with Crippen LogP contribution in [0, 0.1) is 0 Å². The summed E-state index contributed by atoms with van der Waals surface area (Å²) in [5, 5.41) is 1.07. The topological polar surface area (TPSA) is 67.9 Å². The van der Waals surface area contributed by atoms with Crippen LogP contribution in [0.2, 0.25) is 0 Å². The number of ether oxygens (including phenoxy) is 2. The van der Waals surface area contributed by atoms with Gasteiger partial charge in [0.2, 0.25) is 0 Å². The lowest BCUT2D eigenvalue weighted by atomic mass is 10.2. The van der Waals surface area contributed by atoms with E-state index < -0.39 is 23.4 Å². The molecule has 1 rings (SSSR count). The van der Waals surface area contributed by atoms with Gasteiger partial charge in [0.05, 0.1) is 5.69 Å². The van der Waals surface area contributed by atoms with Gasteiger partial charge in [-0.25, -0.2) is 15.0 Å². The van der Waals surface area contributed by atoms with Crippen molar-refractivity contribution in [3.05, 3.63) is 24.3 Å². The molecule has 0 heterocycles. The van der Waals surface area contributed by atoms with Crippen molar-refractivity contribution >= 4 is 29.6 Å². The molecule has 0 spiro atoms. The summed E-state index contributed by atoms with van der Waals surface area (Å²) >= 11 is 1.46. The average molecular weight is 354 g/mol. The molecular weight excluding hydrogens is 328 g/mol. The van der Waals surface area contributed by atoms with E-state index in [0.717, 1.165) is 9.90 Å². The fourth-order valence-electron chi connectivity index (χ4n) is 1.72. The second kappa shape index (κ2) is 7.79. The number of hydrogen-bond acceptors (Lipinski definition) is 5. The van der Waals surface area contributed by atoms with Crippen molar-refractivity contribution in [2.75, 3.05) is 11.3 Å². The summed E-state index contributed by atoms with van der Waals surface area (Å²) in [6.07, 6.45) is 0.471. The van der Waals surface area contributed by atoms with Gasteiger partial charge in [0.15, 0.2) is 0 Å². The van der Waals surface area contributed by atoms with Crippen LogP contribution in [0.15, 0.2) is 29.2 Å². The third-order valence-electron chi connectivity index (χ3n) is 2.50.